The summed E-state index contributed by atoms with van der Waals surface area (Å²) in [7, 11) is 0. The standard InChI is InChI=1S/C23H19FN2O2S/c24-19-7-3-6-18(12-19)23-26-20(15-29-23)10-11-25-22(27)14-28-21-9-8-16-4-1-2-5-17(16)13-21/h1-9,12-13,15H,10-11,14H2,(H,25,27). The van der Waals surface area contributed by atoms with Crippen molar-refractivity contribution in [1.82, 2.24) is 10.3 Å². The summed E-state index contributed by atoms with van der Waals surface area (Å²) in [5.74, 6) is 0.203. The summed E-state index contributed by atoms with van der Waals surface area (Å²) in [6.07, 6.45) is 0.605. The fraction of sp³-hybridized carbons (Fsp3) is 0.130. The number of rotatable bonds is 7. The minimum atomic E-state index is -0.280. The smallest absolute Gasteiger partial charge is 0.257 e. The van der Waals surface area contributed by atoms with Crippen LogP contribution in [0.25, 0.3) is 21.3 Å². The number of amides is 1. The molecule has 0 aliphatic heterocycles. The second kappa shape index (κ2) is 8.84. The van der Waals surface area contributed by atoms with Gasteiger partial charge in [0.1, 0.15) is 16.6 Å². The van der Waals surface area contributed by atoms with Gasteiger partial charge in [-0.2, -0.15) is 0 Å². The lowest BCUT2D eigenvalue weighted by Gasteiger charge is -2.08. The number of carbonyl (C=O) groups excluding carboxylic acids is 1. The molecule has 146 valence electrons. The fourth-order valence-electron chi connectivity index (χ4n) is 2.96. The number of hydrogen-bond acceptors (Lipinski definition) is 4. The van der Waals surface area contributed by atoms with Gasteiger partial charge in [-0.05, 0) is 35.0 Å². The zero-order valence-corrected chi connectivity index (χ0v) is 16.4. The predicted molar refractivity (Wildman–Crippen MR) is 114 cm³/mol. The summed E-state index contributed by atoms with van der Waals surface area (Å²) >= 11 is 1.46. The normalized spacial score (nSPS) is 10.8. The van der Waals surface area contributed by atoms with Crippen LogP contribution in [-0.4, -0.2) is 24.0 Å². The van der Waals surface area contributed by atoms with Crippen molar-refractivity contribution in [2.75, 3.05) is 13.2 Å². The molecular formula is C23H19FN2O2S. The number of nitrogens with one attached hydrogen (secondary N) is 1. The molecule has 0 fully saturated rings. The predicted octanol–water partition coefficient (Wildman–Crippen LogP) is 4.84. The van der Waals surface area contributed by atoms with Crippen molar-refractivity contribution in [2.45, 2.75) is 6.42 Å². The van der Waals surface area contributed by atoms with Gasteiger partial charge < -0.3 is 10.1 Å². The van der Waals surface area contributed by atoms with Crippen LogP contribution >= 0.6 is 11.3 Å². The molecule has 0 unspecified atom stereocenters. The maximum Gasteiger partial charge on any atom is 0.257 e. The number of fused-ring (bicyclic) bond motifs is 1. The first-order valence-electron chi connectivity index (χ1n) is 9.26. The van der Waals surface area contributed by atoms with Crippen molar-refractivity contribution < 1.29 is 13.9 Å². The number of hydrogen-bond donors (Lipinski definition) is 1. The van der Waals surface area contributed by atoms with Gasteiger partial charge in [0.2, 0.25) is 0 Å². The molecule has 4 rings (SSSR count). The van der Waals surface area contributed by atoms with E-state index in [1.54, 1.807) is 6.07 Å². The van der Waals surface area contributed by atoms with Crippen molar-refractivity contribution >= 4 is 28.0 Å². The van der Waals surface area contributed by atoms with E-state index >= 15 is 0 Å². The van der Waals surface area contributed by atoms with Crippen LogP contribution < -0.4 is 10.1 Å². The van der Waals surface area contributed by atoms with Crippen molar-refractivity contribution in [3.63, 3.8) is 0 Å². The number of thiazole rings is 1. The summed E-state index contributed by atoms with van der Waals surface area (Å²) in [5, 5.41) is 7.74. The molecule has 0 bridgehead atoms. The van der Waals surface area contributed by atoms with E-state index in [-0.39, 0.29) is 18.3 Å². The highest BCUT2D eigenvalue weighted by atomic mass is 32.1. The monoisotopic (exact) mass is 406 g/mol. The average Bonchev–Trinajstić information content (AvgIpc) is 3.21. The Hall–Kier alpha value is -3.25. The maximum atomic E-state index is 13.3. The highest BCUT2D eigenvalue weighted by Crippen LogP contribution is 2.24. The third-order valence-electron chi connectivity index (χ3n) is 4.42. The summed E-state index contributed by atoms with van der Waals surface area (Å²) in [4.78, 5) is 16.5. The van der Waals surface area contributed by atoms with Gasteiger partial charge in [0.15, 0.2) is 6.61 Å². The highest BCUT2D eigenvalue weighted by molar-refractivity contribution is 7.13. The number of nitrogens with zero attached hydrogens (tertiary/aromatic N) is 1. The molecule has 4 aromatic rings. The molecule has 29 heavy (non-hydrogen) atoms. The molecule has 0 radical (unpaired) electrons. The van der Waals surface area contributed by atoms with E-state index in [0.29, 0.717) is 18.7 Å². The van der Waals surface area contributed by atoms with E-state index < -0.39 is 0 Å². The number of halogens is 1. The molecule has 0 spiro atoms. The zero-order valence-electron chi connectivity index (χ0n) is 15.6. The van der Waals surface area contributed by atoms with Crippen LogP contribution in [0.2, 0.25) is 0 Å². The van der Waals surface area contributed by atoms with Crippen molar-refractivity contribution in [1.29, 1.82) is 0 Å². The third kappa shape index (κ3) is 4.97. The fourth-order valence-corrected chi connectivity index (χ4v) is 3.81. The number of benzene rings is 3. The van der Waals surface area contributed by atoms with E-state index in [1.165, 1.54) is 23.5 Å². The van der Waals surface area contributed by atoms with Crippen LogP contribution in [0.3, 0.4) is 0 Å². The minimum Gasteiger partial charge on any atom is -0.484 e. The SMILES string of the molecule is O=C(COc1ccc2ccccc2c1)NCCc1csc(-c2cccc(F)c2)n1. The molecule has 6 heteroatoms. The van der Waals surface area contributed by atoms with Crippen LogP contribution in [0, 0.1) is 5.82 Å². The van der Waals surface area contributed by atoms with E-state index in [2.05, 4.69) is 10.3 Å². The van der Waals surface area contributed by atoms with Crippen LogP contribution in [-0.2, 0) is 11.2 Å². The summed E-state index contributed by atoms with van der Waals surface area (Å²) in [6.45, 7) is 0.427. The second-order valence-corrected chi connectivity index (χ2v) is 7.41. The molecule has 1 amide bonds. The van der Waals surface area contributed by atoms with E-state index in [1.807, 2.05) is 53.9 Å². The first-order valence-corrected chi connectivity index (χ1v) is 10.1. The Morgan fingerprint density at radius 2 is 1.90 bits per heavy atom. The molecule has 1 N–H and O–H groups in total. The highest BCUT2D eigenvalue weighted by Gasteiger charge is 2.07. The third-order valence-corrected chi connectivity index (χ3v) is 5.36. The van der Waals surface area contributed by atoms with Crippen molar-refractivity contribution in [3.05, 3.63) is 83.6 Å². The molecule has 4 nitrogen and oxygen atoms in total. The van der Waals surface area contributed by atoms with E-state index in [4.69, 9.17) is 4.74 Å². The van der Waals surface area contributed by atoms with Gasteiger partial charge in [-0.25, -0.2) is 9.37 Å². The van der Waals surface area contributed by atoms with E-state index in [0.717, 1.165) is 27.0 Å². The second-order valence-electron chi connectivity index (χ2n) is 6.55. The number of aromatic nitrogens is 1. The van der Waals surface area contributed by atoms with Gasteiger partial charge in [-0.3, -0.25) is 4.79 Å². The summed E-state index contributed by atoms with van der Waals surface area (Å²) in [5.41, 5.74) is 1.62. The summed E-state index contributed by atoms with van der Waals surface area (Å²) < 4.78 is 18.9. The quantitative estimate of drug-likeness (QED) is 0.478. The molecule has 0 saturated heterocycles. The number of ether oxygens (including phenoxy) is 1. The van der Waals surface area contributed by atoms with Gasteiger partial charge in [-0.15, -0.1) is 11.3 Å². The average molecular weight is 406 g/mol. The van der Waals surface area contributed by atoms with E-state index in [9.17, 15) is 9.18 Å². The molecule has 0 aliphatic carbocycles. The lowest BCUT2D eigenvalue weighted by atomic mass is 10.1. The topological polar surface area (TPSA) is 51.2 Å². The molecule has 0 saturated carbocycles. The van der Waals surface area contributed by atoms with Crippen LogP contribution in [0.4, 0.5) is 4.39 Å². The maximum absolute atomic E-state index is 13.3. The first-order chi connectivity index (χ1) is 14.2. The van der Waals surface area contributed by atoms with Gasteiger partial charge in [-0.1, -0.05) is 42.5 Å². The van der Waals surface area contributed by atoms with Crippen LogP contribution in [0.5, 0.6) is 5.75 Å². The Labute approximate surface area is 172 Å². The first kappa shape index (κ1) is 19.1. The Morgan fingerprint density at radius 3 is 2.76 bits per heavy atom. The zero-order chi connectivity index (χ0) is 20.1. The van der Waals surface area contributed by atoms with Gasteiger partial charge >= 0.3 is 0 Å². The molecule has 0 aliphatic rings. The Kier molecular flexibility index (Phi) is 5.81. The lowest BCUT2D eigenvalue weighted by Crippen LogP contribution is -2.30. The van der Waals surface area contributed by atoms with Crippen molar-refractivity contribution in [2.24, 2.45) is 0 Å². The molecule has 1 aromatic heterocycles. The van der Waals surface area contributed by atoms with Crippen LogP contribution in [0.1, 0.15) is 5.69 Å². The Morgan fingerprint density at radius 1 is 1.03 bits per heavy atom. The molecule has 0 atom stereocenters. The Balaban J connectivity index is 1.24. The molecule has 1 heterocycles. The largest absolute Gasteiger partial charge is 0.484 e. The Bertz CT molecular complexity index is 1140. The van der Waals surface area contributed by atoms with Gasteiger partial charge in [0.05, 0.1) is 5.69 Å². The van der Waals surface area contributed by atoms with Crippen LogP contribution in [0.15, 0.2) is 72.1 Å². The summed E-state index contributed by atoms with van der Waals surface area (Å²) in [6, 6.07) is 20.1. The lowest BCUT2D eigenvalue weighted by molar-refractivity contribution is -0.123. The molecular weight excluding hydrogens is 387 g/mol. The van der Waals surface area contributed by atoms with Gasteiger partial charge in [0.25, 0.3) is 5.91 Å². The molecule has 3 aromatic carbocycles. The minimum absolute atomic E-state index is 0.0378. The number of carbonyl (C=O) groups is 1. The van der Waals surface area contributed by atoms with Crippen molar-refractivity contribution in [3.8, 4) is 16.3 Å². The van der Waals surface area contributed by atoms with Gasteiger partial charge in [0, 0.05) is 23.9 Å².